The van der Waals surface area contributed by atoms with E-state index in [0.717, 1.165) is 5.56 Å². The van der Waals surface area contributed by atoms with Crippen LogP contribution in [0, 0.1) is 5.82 Å². The summed E-state index contributed by atoms with van der Waals surface area (Å²) < 4.78 is 14.8. The highest BCUT2D eigenvalue weighted by molar-refractivity contribution is 6.29. The van der Waals surface area contributed by atoms with Crippen molar-refractivity contribution in [2.75, 3.05) is 0 Å². The number of rotatable bonds is 3. The van der Waals surface area contributed by atoms with Gasteiger partial charge in [0.2, 0.25) is 0 Å². The van der Waals surface area contributed by atoms with E-state index in [1.165, 1.54) is 12.3 Å². The van der Waals surface area contributed by atoms with Gasteiger partial charge >= 0.3 is 0 Å². The van der Waals surface area contributed by atoms with Crippen molar-refractivity contribution in [2.24, 2.45) is 5.73 Å². The first-order chi connectivity index (χ1) is 7.69. The number of hydrogen-bond donors (Lipinski definition) is 1. The number of nitrogens with zero attached hydrogens (tertiary/aromatic N) is 3. The quantitative estimate of drug-likeness (QED) is 0.829. The highest BCUT2D eigenvalue weighted by Crippen LogP contribution is 2.12. The van der Waals surface area contributed by atoms with E-state index in [2.05, 4.69) is 10.1 Å². The zero-order valence-electron chi connectivity index (χ0n) is 8.40. The molecule has 2 rings (SSSR count). The molecule has 0 saturated heterocycles. The summed E-state index contributed by atoms with van der Waals surface area (Å²) in [4.78, 5) is 3.73. The fraction of sp³-hybridized carbons (Fsp3) is 0.200. The summed E-state index contributed by atoms with van der Waals surface area (Å²) >= 11 is 5.49. The van der Waals surface area contributed by atoms with Crippen LogP contribution in [0.5, 0.6) is 0 Å². The molecular formula is C10H10ClFN4. The summed E-state index contributed by atoms with van der Waals surface area (Å²) in [5.74, 6) is -0.523. The summed E-state index contributed by atoms with van der Waals surface area (Å²) in [6.07, 6.45) is 5.02. The van der Waals surface area contributed by atoms with Crippen molar-refractivity contribution in [3.05, 3.63) is 46.8 Å². The van der Waals surface area contributed by atoms with Crippen LogP contribution in [0.15, 0.2) is 24.7 Å². The summed E-state index contributed by atoms with van der Waals surface area (Å²) in [5.41, 5.74) is 7.09. The fourth-order valence-electron chi connectivity index (χ4n) is 1.33. The van der Waals surface area contributed by atoms with Crippen molar-refractivity contribution >= 4 is 11.6 Å². The Hall–Kier alpha value is -1.46. The minimum atomic E-state index is -0.523. The van der Waals surface area contributed by atoms with Crippen LogP contribution in [-0.2, 0) is 13.1 Å². The van der Waals surface area contributed by atoms with Gasteiger partial charge in [-0.05, 0) is 11.6 Å². The predicted octanol–water partition coefficient (Wildman–Crippen LogP) is 1.58. The molecule has 2 aromatic rings. The van der Waals surface area contributed by atoms with Gasteiger partial charge in [-0.2, -0.15) is 5.10 Å². The molecule has 0 aliphatic carbocycles. The van der Waals surface area contributed by atoms with Gasteiger partial charge in [-0.3, -0.25) is 4.68 Å². The van der Waals surface area contributed by atoms with Crippen molar-refractivity contribution in [3.8, 4) is 0 Å². The summed E-state index contributed by atoms with van der Waals surface area (Å²) in [7, 11) is 0. The van der Waals surface area contributed by atoms with Crippen LogP contribution in [0.2, 0.25) is 5.15 Å². The van der Waals surface area contributed by atoms with Gasteiger partial charge in [0.15, 0.2) is 11.0 Å². The molecule has 0 radical (unpaired) electrons. The molecule has 2 heterocycles. The summed E-state index contributed by atoms with van der Waals surface area (Å²) in [5, 5.41) is 3.97. The standard InChI is InChI=1S/C10H10ClFN4/c11-10-9(12)1-7(3-14-10)5-16-6-8(2-13)4-15-16/h1,3-4,6H,2,5,13H2. The molecule has 6 heteroatoms. The molecule has 0 saturated carbocycles. The molecule has 0 amide bonds. The normalized spacial score (nSPS) is 10.7. The molecule has 84 valence electrons. The fourth-order valence-corrected chi connectivity index (χ4v) is 1.44. The topological polar surface area (TPSA) is 56.7 Å². The van der Waals surface area contributed by atoms with E-state index in [-0.39, 0.29) is 5.15 Å². The smallest absolute Gasteiger partial charge is 0.164 e. The van der Waals surface area contributed by atoms with Crippen LogP contribution < -0.4 is 5.73 Å². The SMILES string of the molecule is NCc1cnn(Cc2cnc(Cl)c(F)c2)c1. The lowest BCUT2D eigenvalue weighted by atomic mass is 10.3. The van der Waals surface area contributed by atoms with Gasteiger partial charge in [0, 0.05) is 24.5 Å². The Balaban J connectivity index is 2.17. The molecule has 0 aliphatic rings. The van der Waals surface area contributed by atoms with Gasteiger partial charge in [-0.15, -0.1) is 0 Å². The van der Waals surface area contributed by atoms with Crippen LogP contribution in [0.3, 0.4) is 0 Å². The molecule has 16 heavy (non-hydrogen) atoms. The molecule has 0 spiro atoms. The molecule has 0 unspecified atom stereocenters. The second-order valence-electron chi connectivity index (χ2n) is 3.37. The van der Waals surface area contributed by atoms with E-state index in [1.54, 1.807) is 10.9 Å². The summed E-state index contributed by atoms with van der Waals surface area (Å²) in [6, 6.07) is 1.35. The van der Waals surface area contributed by atoms with Crippen molar-refractivity contribution in [3.63, 3.8) is 0 Å². The highest BCUT2D eigenvalue weighted by atomic mass is 35.5. The highest BCUT2D eigenvalue weighted by Gasteiger charge is 2.04. The van der Waals surface area contributed by atoms with Crippen LogP contribution in [0.4, 0.5) is 4.39 Å². The Morgan fingerprint density at radius 3 is 2.81 bits per heavy atom. The van der Waals surface area contributed by atoms with Gasteiger partial charge in [-0.25, -0.2) is 9.37 Å². The van der Waals surface area contributed by atoms with Gasteiger partial charge in [0.05, 0.1) is 12.7 Å². The van der Waals surface area contributed by atoms with Crippen LogP contribution >= 0.6 is 11.6 Å². The van der Waals surface area contributed by atoms with Crippen molar-refractivity contribution in [1.82, 2.24) is 14.8 Å². The Bertz CT molecular complexity index is 497. The molecule has 0 aromatic carbocycles. The van der Waals surface area contributed by atoms with E-state index in [0.29, 0.717) is 18.7 Å². The van der Waals surface area contributed by atoms with Crippen molar-refractivity contribution in [2.45, 2.75) is 13.1 Å². The maximum Gasteiger partial charge on any atom is 0.164 e. The Morgan fingerprint density at radius 1 is 1.38 bits per heavy atom. The van der Waals surface area contributed by atoms with Gasteiger partial charge < -0.3 is 5.73 Å². The number of nitrogens with two attached hydrogens (primary N) is 1. The largest absolute Gasteiger partial charge is 0.326 e. The lowest BCUT2D eigenvalue weighted by Gasteiger charge is -2.02. The first-order valence-electron chi connectivity index (χ1n) is 4.70. The molecule has 0 bridgehead atoms. The first kappa shape index (κ1) is 11.0. The van der Waals surface area contributed by atoms with E-state index in [9.17, 15) is 4.39 Å². The zero-order chi connectivity index (χ0) is 11.5. The Labute approximate surface area is 96.9 Å². The average molecular weight is 241 g/mol. The minimum absolute atomic E-state index is 0.119. The maximum absolute atomic E-state index is 13.1. The first-order valence-corrected chi connectivity index (χ1v) is 5.08. The van der Waals surface area contributed by atoms with Crippen molar-refractivity contribution in [1.29, 1.82) is 0 Å². The van der Waals surface area contributed by atoms with Crippen LogP contribution in [-0.4, -0.2) is 14.8 Å². The van der Waals surface area contributed by atoms with E-state index in [4.69, 9.17) is 17.3 Å². The molecule has 0 aliphatic heterocycles. The minimum Gasteiger partial charge on any atom is -0.326 e. The Kier molecular flexibility index (Phi) is 3.17. The molecular weight excluding hydrogens is 231 g/mol. The predicted molar refractivity (Wildman–Crippen MR) is 58.4 cm³/mol. The van der Waals surface area contributed by atoms with Crippen LogP contribution in [0.1, 0.15) is 11.1 Å². The zero-order valence-corrected chi connectivity index (χ0v) is 9.15. The molecule has 2 N–H and O–H groups in total. The average Bonchev–Trinajstić information content (AvgIpc) is 2.71. The van der Waals surface area contributed by atoms with Crippen LogP contribution in [0.25, 0.3) is 0 Å². The molecule has 4 nitrogen and oxygen atoms in total. The van der Waals surface area contributed by atoms with E-state index < -0.39 is 5.82 Å². The molecule has 0 atom stereocenters. The van der Waals surface area contributed by atoms with E-state index in [1.807, 2.05) is 6.20 Å². The number of hydrogen-bond acceptors (Lipinski definition) is 3. The lowest BCUT2D eigenvalue weighted by molar-refractivity contribution is 0.612. The van der Waals surface area contributed by atoms with E-state index >= 15 is 0 Å². The van der Waals surface area contributed by atoms with Gasteiger partial charge in [-0.1, -0.05) is 11.6 Å². The van der Waals surface area contributed by atoms with Gasteiger partial charge in [0.1, 0.15) is 0 Å². The van der Waals surface area contributed by atoms with Crippen molar-refractivity contribution < 1.29 is 4.39 Å². The molecule has 2 aromatic heterocycles. The lowest BCUT2D eigenvalue weighted by Crippen LogP contribution is -2.01. The number of aromatic nitrogens is 3. The second-order valence-corrected chi connectivity index (χ2v) is 3.72. The third-order valence-corrected chi connectivity index (χ3v) is 2.40. The monoisotopic (exact) mass is 240 g/mol. The maximum atomic E-state index is 13.1. The number of halogens is 2. The van der Waals surface area contributed by atoms with Gasteiger partial charge in [0.25, 0.3) is 0 Å². The molecule has 0 fully saturated rings. The Morgan fingerprint density at radius 2 is 2.19 bits per heavy atom. The number of pyridine rings is 1. The third kappa shape index (κ3) is 2.37. The summed E-state index contributed by atoms with van der Waals surface area (Å²) in [6.45, 7) is 0.883. The second kappa shape index (κ2) is 4.59. The third-order valence-electron chi connectivity index (χ3n) is 2.12.